The second kappa shape index (κ2) is 7.23. The Morgan fingerprint density at radius 1 is 1.23 bits per heavy atom. The van der Waals surface area contributed by atoms with Crippen molar-refractivity contribution in [2.24, 2.45) is 0 Å². The van der Waals surface area contributed by atoms with Gasteiger partial charge in [0.15, 0.2) is 5.13 Å². The Morgan fingerprint density at radius 3 is 2.81 bits per heavy atom. The van der Waals surface area contributed by atoms with Crippen molar-refractivity contribution in [1.82, 2.24) is 4.98 Å². The van der Waals surface area contributed by atoms with E-state index in [9.17, 15) is 4.79 Å². The minimum atomic E-state index is -0.182. The van der Waals surface area contributed by atoms with Crippen LogP contribution in [0.25, 0.3) is 10.2 Å². The Morgan fingerprint density at radius 2 is 2.04 bits per heavy atom. The molecular formula is C19H18ClN3O2S. The van der Waals surface area contributed by atoms with Crippen LogP contribution in [-0.2, 0) is 4.74 Å². The quantitative estimate of drug-likeness (QED) is 0.726. The number of nitrogens with one attached hydrogen (secondary N) is 1. The number of hydrogen-bond donors (Lipinski definition) is 1. The van der Waals surface area contributed by atoms with E-state index >= 15 is 0 Å². The van der Waals surface area contributed by atoms with Crippen LogP contribution in [0.5, 0.6) is 0 Å². The largest absolute Gasteiger partial charge is 0.378 e. The second-order valence-electron chi connectivity index (χ2n) is 6.22. The average Bonchev–Trinajstić information content (AvgIpc) is 3.08. The van der Waals surface area contributed by atoms with Gasteiger partial charge in [0.1, 0.15) is 0 Å². The normalized spacial score (nSPS) is 14.6. The van der Waals surface area contributed by atoms with Crippen molar-refractivity contribution in [2.45, 2.75) is 6.92 Å². The number of rotatable bonds is 3. The molecule has 2 heterocycles. The smallest absolute Gasteiger partial charge is 0.255 e. The maximum Gasteiger partial charge on any atom is 0.255 e. The molecule has 4 rings (SSSR count). The van der Waals surface area contributed by atoms with Crippen LogP contribution in [0.15, 0.2) is 36.4 Å². The van der Waals surface area contributed by atoms with Crippen LogP contribution in [-0.4, -0.2) is 37.2 Å². The predicted octanol–water partition coefficient (Wildman–Crippen LogP) is 4.35. The number of carbonyl (C=O) groups is 1. The van der Waals surface area contributed by atoms with E-state index in [-0.39, 0.29) is 5.91 Å². The Kier molecular flexibility index (Phi) is 4.80. The van der Waals surface area contributed by atoms with Gasteiger partial charge in [0.25, 0.3) is 5.91 Å². The molecule has 0 spiro atoms. The number of fused-ring (bicyclic) bond motifs is 1. The molecule has 2 aromatic carbocycles. The van der Waals surface area contributed by atoms with Crippen LogP contribution >= 0.6 is 22.9 Å². The molecule has 134 valence electrons. The molecule has 0 atom stereocenters. The minimum Gasteiger partial charge on any atom is -0.378 e. The first-order valence-electron chi connectivity index (χ1n) is 8.41. The molecule has 0 unspecified atom stereocenters. The van der Waals surface area contributed by atoms with Crippen molar-refractivity contribution in [3.8, 4) is 0 Å². The third kappa shape index (κ3) is 3.53. The number of carbonyl (C=O) groups excluding carboxylic acids is 1. The van der Waals surface area contributed by atoms with Crippen LogP contribution in [0.4, 0.5) is 10.8 Å². The van der Waals surface area contributed by atoms with E-state index in [1.54, 1.807) is 17.4 Å². The molecule has 1 aromatic heterocycles. The summed E-state index contributed by atoms with van der Waals surface area (Å²) >= 11 is 7.81. The zero-order valence-electron chi connectivity index (χ0n) is 14.3. The number of benzene rings is 2. The van der Waals surface area contributed by atoms with E-state index in [1.165, 1.54) is 0 Å². The molecule has 1 aliphatic rings. The number of thiazole rings is 1. The lowest BCUT2D eigenvalue weighted by Crippen LogP contribution is -2.36. The molecule has 3 aromatic rings. The van der Waals surface area contributed by atoms with Gasteiger partial charge < -0.3 is 15.0 Å². The van der Waals surface area contributed by atoms with Gasteiger partial charge in [-0.1, -0.05) is 29.0 Å². The van der Waals surface area contributed by atoms with Gasteiger partial charge in [-0.2, -0.15) is 0 Å². The average molecular weight is 388 g/mol. The van der Waals surface area contributed by atoms with Crippen molar-refractivity contribution in [2.75, 3.05) is 36.5 Å². The SMILES string of the molecule is Cc1ccc(NC(=O)c2ccc3nc(N4CCOCC4)sc3c2)c(Cl)c1. The lowest BCUT2D eigenvalue weighted by atomic mass is 10.2. The highest BCUT2D eigenvalue weighted by molar-refractivity contribution is 7.22. The van der Waals surface area contributed by atoms with Crippen LogP contribution < -0.4 is 10.2 Å². The zero-order valence-corrected chi connectivity index (χ0v) is 15.9. The number of morpholine rings is 1. The van der Waals surface area contributed by atoms with E-state index in [2.05, 4.69) is 15.2 Å². The summed E-state index contributed by atoms with van der Waals surface area (Å²) in [4.78, 5) is 19.5. The number of amides is 1. The number of aromatic nitrogens is 1. The fraction of sp³-hybridized carbons (Fsp3) is 0.263. The first-order chi connectivity index (χ1) is 12.6. The van der Waals surface area contributed by atoms with Crippen molar-refractivity contribution < 1.29 is 9.53 Å². The van der Waals surface area contributed by atoms with E-state index in [0.29, 0.717) is 16.3 Å². The summed E-state index contributed by atoms with van der Waals surface area (Å²) in [6.07, 6.45) is 0. The van der Waals surface area contributed by atoms with E-state index in [1.807, 2.05) is 37.3 Å². The van der Waals surface area contributed by atoms with Gasteiger partial charge in [-0.05, 0) is 42.8 Å². The number of halogens is 1. The molecule has 0 saturated carbocycles. The Labute approximate surface area is 160 Å². The zero-order chi connectivity index (χ0) is 18.1. The lowest BCUT2D eigenvalue weighted by Gasteiger charge is -2.25. The third-order valence-electron chi connectivity index (χ3n) is 4.29. The standard InChI is InChI=1S/C19H18ClN3O2S/c1-12-2-4-15(14(20)10-12)21-18(24)13-3-5-16-17(11-13)26-19(22-16)23-6-8-25-9-7-23/h2-5,10-11H,6-9H2,1H3,(H,21,24). The van der Waals surface area contributed by atoms with Gasteiger partial charge in [0.05, 0.1) is 34.1 Å². The van der Waals surface area contributed by atoms with Crippen molar-refractivity contribution >= 4 is 49.9 Å². The van der Waals surface area contributed by atoms with Gasteiger partial charge in [0, 0.05) is 18.7 Å². The molecule has 1 aliphatic heterocycles. The summed E-state index contributed by atoms with van der Waals surface area (Å²) in [6.45, 7) is 5.10. The predicted molar refractivity (Wildman–Crippen MR) is 107 cm³/mol. The Bertz CT molecular complexity index is 967. The first-order valence-corrected chi connectivity index (χ1v) is 9.60. The molecule has 0 aliphatic carbocycles. The second-order valence-corrected chi connectivity index (χ2v) is 7.63. The van der Waals surface area contributed by atoms with Crippen molar-refractivity contribution in [1.29, 1.82) is 0 Å². The highest BCUT2D eigenvalue weighted by Gasteiger charge is 2.16. The fourth-order valence-electron chi connectivity index (χ4n) is 2.86. The summed E-state index contributed by atoms with van der Waals surface area (Å²) in [5.74, 6) is -0.182. The molecule has 1 fully saturated rings. The molecule has 1 N–H and O–H groups in total. The highest BCUT2D eigenvalue weighted by Crippen LogP contribution is 2.30. The summed E-state index contributed by atoms with van der Waals surface area (Å²) < 4.78 is 6.39. The van der Waals surface area contributed by atoms with Gasteiger partial charge >= 0.3 is 0 Å². The number of hydrogen-bond acceptors (Lipinski definition) is 5. The Hall–Kier alpha value is -2.15. The number of nitrogens with zero attached hydrogens (tertiary/aromatic N) is 2. The molecular weight excluding hydrogens is 370 g/mol. The number of ether oxygens (including phenoxy) is 1. The first kappa shape index (κ1) is 17.3. The van der Waals surface area contributed by atoms with Gasteiger partial charge in [-0.15, -0.1) is 0 Å². The summed E-state index contributed by atoms with van der Waals surface area (Å²) in [6, 6.07) is 11.1. The third-order valence-corrected chi connectivity index (χ3v) is 5.69. The Balaban J connectivity index is 1.57. The minimum absolute atomic E-state index is 0.182. The maximum atomic E-state index is 12.6. The highest BCUT2D eigenvalue weighted by atomic mass is 35.5. The van der Waals surface area contributed by atoms with Crippen molar-refractivity contribution in [3.05, 3.63) is 52.5 Å². The van der Waals surface area contributed by atoms with Crippen LogP contribution in [0.2, 0.25) is 5.02 Å². The molecule has 1 saturated heterocycles. The van der Waals surface area contributed by atoms with E-state index in [0.717, 1.165) is 47.2 Å². The monoisotopic (exact) mass is 387 g/mol. The lowest BCUT2D eigenvalue weighted by molar-refractivity contribution is 0.102. The molecule has 0 bridgehead atoms. The van der Waals surface area contributed by atoms with Gasteiger partial charge in [-0.3, -0.25) is 4.79 Å². The topological polar surface area (TPSA) is 54.5 Å². The van der Waals surface area contributed by atoms with Crippen LogP contribution in [0.1, 0.15) is 15.9 Å². The van der Waals surface area contributed by atoms with E-state index < -0.39 is 0 Å². The molecule has 0 radical (unpaired) electrons. The molecule has 7 heteroatoms. The van der Waals surface area contributed by atoms with Gasteiger partial charge in [-0.25, -0.2) is 4.98 Å². The molecule has 1 amide bonds. The summed E-state index contributed by atoms with van der Waals surface area (Å²) in [7, 11) is 0. The number of anilines is 2. The maximum absolute atomic E-state index is 12.6. The van der Waals surface area contributed by atoms with E-state index in [4.69, 9.17) is 16.3 Å². The summed E-state index contributed by atoms with van der Waals surface area (Å²) in [5, 5.41) is 4.38. The van der Waals surface area contributed by atoms with Crippen LogP contribution in [0.3, 0.4) is 0 Å². The summed E-state index contributed by atoms with van der Waals surface area (Å²) in [5.41, 5.74) is 3.16. The molecule has 26 heavy (non-hydrogen) atoms. The number of aryl methyl sites for hydroxylation is 1. The van der Waals surface area contributed by atoms with Gasteiger partial charge in [0.2, 0.25) is 0 Å². The fourth-order valence-corrected chi connectivity index (χ4v) is 4.20. The van der Waals surface area contributed by atoms with Crippen LogP contribution in [0, 0.1) is 6.92 Å². The van der Waals surface area contributed by atoms with Crippen molar-refractivity contribution in [3.63, 3.8) is 0 Å². The molecule has 5 nitrogen and oxygen atoms in total.